The monoisotopic (exact) mass is 400 g/mol. The molecule has 1 aromatic heterocycles. The first kappa shape index (κ1) is 21.6. The molecule has 0 radical (unpaired) electrons. The Labute approximate surface area is 169 Å². The van der Waals surface area contributed by atoms with E-state index in [1.807, 2.05) is 30.6 Å². The number of nitrogens with one attached hydrogen (secondary N) is 1. The Morgan fingerprint density at radius 3 is 2.46 bits per heavy atom. The van der Waals surface area contributed by atoms with Gasteiger partial charge in [-0.1, -0.05) is 36.9 Å². The van der Waals surface area contributed by atoms with Gasteiger partial charge in [0.2, 0.25) is 5.91 Å². The highest BCUT2D eigenvalue weighted by atomic mass is 32.2. The summed E-state index contributed by atoms with van der Waals surface area (Å²) < 4.78 is 2.08. The van der Waals surface area contributed by atoms with Crippen LogP contribution in [0, 0.1) is 0 Å². The third-order valence-corrected chi connectivity index (χ3v) is 5.24. The fourth-order valence-corrected chi connectivity index (χ4v) is 3.58. The minimum Gasteiger partial charge on any atom is -0.368 e. The zero-order valence-electron chi connectivity index (χ0n) is 16.0. The molecule has 0 aliphatic heterocycles. The van der Waals surface area contributed by atoms with Crippen LogP contribution >= 0.6 is 11.8 Å². The van der Waals surface area contributed by atoms with Crippen molar-refractivity contribution in [2.45, 2.75) is 50.1 Å². The molecule has 0 saturated heterocycles. The van der Waals surface area contributed by atoms with Crippen molar-refractivity contribution in [3.8, 4) is 0 Å². The zero-order valence-corrected chi connectivity index (χ0v) is 16.8. The molecular weight excluding hydrogens is 374 g/mol. The van der Waals surface area contributed by atoms with Crippen molar-refractivity contribution in [2.75, 3.05) is 0 Å². The highest BCUT2D eigenvalue weighted by Crippen LogP contribution is 2.25. The van der Waals surface area contributed by atoms with Gasteiger partial charge >= 0.3 is 0 Å². The molecule has 0 fully saturated rings. The molecule has 148 valence electrons. The maximum atomic E-state index is 12.5. The highest BCUT2D eigenvalue weighted by molar-refractivity contribution is 8.13. The lowest BCUT2D eigenvalue weighted by Crippen LogP contribution is -2.44. The lowest BCUT2D eigenvalue weighted by molar-refractivity contribution is -0.697. The maximum Gasteiger partial charge on any atom is 0.253 e. The summed E-state index contributed by atoms with van der Waals surface area (Å²) in [6.45, 7) is 2.64. The Bertz CT molecular complexity index is 812. The number of rotatable bonds is 10. The fraction of sp³-hybridized carbons (Fsp3) is 0.333. The maximum absolute atomic E-state index is 12.5. The minimum atomic E-state index is -0.725. The normalized spacial score (nSPS) is 11.6. The van der Waals surface area contributed by atoms with Crippen molar-refractivity contribution in [2.24, 2.45) is 5.73 Å². The molecule has 1 heterocycles. The number of nitrogens with zero attached hydrogens (tertiary/aromatic N) is 1. The molecule has 28 heavy (non-hydrogen) atoms. The van der Waals surface area contributed by atoms with Crippen LogP contribution < -0.4 is 15.6 Å². The molecule has 0 aliphatic rings. The largest absolute Gasteiger partial charge is 0.368 e. The van der Waals surface area contributed by atoms with Crippen molar-refractivity contribution in [3.05, 3.63) is 60.4 Å². The van der Waals surface area contributed by atoms with Crippen molar-refractivity contribution < 1.29 is 19.0 Å². The Morgan fingerprint density at radius 2 is 1.79 bits per heavy atom. The molecule has 1 aromatic carbocycles. The Hall–Kier alpha value is -2.67. The summed E-state index contributed by atoms with van der Waals surface area (Å²) >= 11 is 1.07. The Morgan fingerprint density at radius 1 is 1.07 bits per heavy atom. The number of aryl methyl sites for hydroxylation is 1. The van der Waals surface area contributed by atoms with Crippen LogP contribution in [-0.2, 0) is 16.1 Å². The average Bonchev–Trinajstić information content (AvgIpc) is 2.70. The quantitative estimate of drug-likeness (QED) is 0.364. The molecule has 6 nitrogen and oxygen atoms in total. The number of aromatic nitrogens is 1. The number of benzene rings is 1. The first-order valence-corrected chi connectivity index (χ1v) is 10.2. The molecule has 1 unspecified atom stereocenters. The van der Waals surface area contributed by atoms with Crippen LogP contribution in [0.3, 0.4) is 0 Å². The standard InChI is InChI=1S/C21H25N3O3S/c1-2-17(20(22)26)23-21(27)16-10-4-5-11-18(16)28-19(25)12-6-9-15-24-13-7-3-8-14-24/h3-5,7-8,10-11,13-14,17H,2,6,9,12,15H2,1H3,(H2-,22,23,26,27)/p+1. The Balaban J connectivity index is 1.88. The highest BCUT2D eigenvalue weighted by Gasteiger charge is 2.20. The summed E-state index contributed by atoms with van der Waals surface area (Å²) in [5.41, 5.74) is 5.66. The van der Waals surface area contributed by atoms with Gasteiger partial charge in [-0.2, -0.15) is 0 Å². The van der Waals surface area contributed by atoms with Gasteiger partial charge in [-0.15, -0.1) is 0 Å². The first-order chi connectivity index (χ1) is 13.5. The van der Waals surface area contributed by atoms with Crippen molar-refractivity contribution >= 4 is 28.7 Å². The third-order valence-electron chi connectivity index (χ3n) is 4.24. The number of primary amides is 1. The lowest BCUT2D eigenvalue weighted by Gasteiger charge is -2.14. The van der Waals surface area contributed by atoms with E-state index in [4.69, 9.17) is 5.73 Å². The molecule has 1 atom stereocenters. The van der Waals surface area contributed by atoms with Gasteiger partial charge in [-0.25, -0.2) is 4.57 Å². The number of thioether (sulfide) groups is 1. The van der Waals surface area contributed by atoms with E-state index in [9.17, 15) is 14.4 Å². The number of carbonyl (C=O) groups excluding carboxylic acids is 3. The fourth-order valence-electron chi connectivity index (χ4n) is 2.67. The van der Waals surface area contributed by atoms with Crippen LogP contribution in [0.1, 0.15) is 43.0 Å². The lowest BCUT2D eigenvalue weighted by atomic mass is 10.1. The van der Waals surface area contributed by atoms with E-state index in [-0.39, 0.29) is 5.12 Å². The van der Waals surface area contributed by atoms with Crippen LogP contribution in [0.5, 0.6) is 0 Å². The van der Waals surface area contributed by atoms with E-state index in [0.717, 1.165) is 31.1 Å². The second kappa shape index (κ2) is 11.2. The number of pyridine rings is 1. The van der Waals surface area contributed by atoms with Crippen LogP contribution in [0.2, 0.25) is 0 Å². The molecule has 2 amide bonds. The molecule has 0 saturated carbocycles. The summed E-state index contributed by atoms with van der Waals surface area (Å²) in [6.07, 6.45) is 6.53. The van der Waals surface area contributed by atoms with Gasteiger partial charge in [0.05, 0.1) is 5.56 Å². The predicted octanol–water partition coefficient (Wildman–Crippen LogP) is 2.46. The van der Waals surface area contributed by atoms with Crippen molar-refractivity contribution in [1.82, 2.24) is 5.32 Å². The van der Waals surface area contributed by atoms with E-state index in [1.165, 1.54) is 0 Å². The molecule has 7 heteroatoms. The van der Waals surface area contributed by atoms with Gasteiger partial charge in [0.25, 0.3) is 5.91 Å². The smallest absolute Gasteiger partial charge is 0.253 e. The molecule has 0 aliphatic carbocycles. The number of nitrogens with two attached hydrogens (primary N) is 1. The van der Waals surface area contributed by atoms with E-state index in [1.54, 1.807) is 31.2 Å². The second-order valence-corrected chi connectivity index (χ2v) is 7.48. The van der Waals surface area contributed by atoms with Crippen molar-refractivity contribution in [3.63, 3.8) is 0 Å². The van der Waals surface area contributed by atoms with Gasteiger partial charge in [0.15, 0.2) is 17.5 Å². The minimum absolute atomic E-state index is 0.0141. The van der Waals surface area contributed by atoms with Gasteiger partial charge in [0, 0.05) is 29.9 Å². The molecule has 3 N–H and O–H groups in total. The predicted molar refractivity (Wildman–Crippen MR) is 109 cm³/mol. The molecular formula is C21H26N3O3S+. The summed E-state index contributed by atoms with van der Waals surface area (Å²) in [4.78, 5) is 36.8. The van der Waals surface area contributed by atoms with Crippen LogP contribution in [0.4, 0.5) is 0 Å². The SMILES string of the molecule is CCC(NC(=O)c1ccccc1SC(=O)CCCC[n+]1ccccc1)C(N)=O. The summed E-state index contributed by atoms with van der Waals surface area (Å²) in [7, 11) is 0. The third kappa shape index (κ3) is 6.81. The van der Waals surface area contributed by atoms with Gasteiger partial charge in [-0.05, 0) is 25.0 Å². The molecule has 0 spiro atoms. The number of hydrogen-bond donors (Lipinski definition) is 2. The average molecular weight is 401 g/mol. The summed E-state index contributed by atoms with van der Waals surface area (Å²) in [5.74, 6) is -0.977. The van der Waals surface area contributed by atoms with Gasteiger partial charge in [-0.3, -0.25) is 14.4 Å². The summed E-state index contributed by atoms with van der Waals surface area (Å²) in [5, 5.41) is 2.64. The second-order valence-electron chi connectivity index (χ2n) is 6.38. The Kier molecular flexibility index (Phi) is 8.68. The van der Waals surface area contributed by atoms with Gasteiger partial charge in [0.1, 0.15) is 12.6 Å². The molecule has 2 aromatic rings. The van der Waals surface area contributed by atoms with E-state index >= 15 is 0 Å². The van der Waals surface area contributed by atoms with E-state index in [2.05, 4.69) is 9.88 Å². The molecule has 2 rings (SSSR count). The van der Waals surface area contributed by atoms with E-state index in [0.29, 0.717) is 23.3 Å². The van der Waals surface area contributed by atoms with Crippen LogP contribution in [-0.4, -0.2) is 23.0 Å². The number of carbonyl (C=O) groups is 3. The number of unbranched alkanes of at least 4 members (excludes halogenated alkanes) is 1. The topological polar surface area (TPSA) is 93.1 Å². The van der Waals surface area contributed by atoms with Gasteiger partial charge < -0.3 is 11.1 Å². The van der Waals surface area contributed by atoms with Crippen LogP contribution in [0.15, 0.2) is 59.8 Å². The van der Waals surface area contributed by atoms with Crippen LogP contribution in [0.25, 0.3) is 0 Å². The van der Waals surface area contributed by atoms with Crippen molar-refractivity contribution in [1.29, 1.82) is 0 Å². The molecule has 0 bridgehead atoms. The summed E-state index contributed by atoms with van der Waals surface area (Å²) in [6, 6.07) is 12.1. The first-order valence-electron chi connectivity index (χ1n) is 9.35. The number of amides is 2. The zero-order chi connectivity index (χ0) is 20.4. The number of hydrogen-bond acceptors (Lipinski definition) is 4. The van der Waals surface area contributed by atoms with E-state index < -0.39 is 17.9 Å².